The lowest BCUT2D eigenvalue weighted by atomic mass is 9.62. The van der Waals surface area contributed by atoms with Crippen molar-refractivity contribution in [2.75, 3.05) is 33.4 Å². The Morgan fingerprint density at radius 1 is 1.24 bits per heavy atom. The van der Waals surface area contributed by atoms with Gasteiger partial charge in [-0.15, -0.1) is 0 Å². The number of halogens is 2. The van der Waals surface area contributed by atoms with Crippen LogP contribution in [0.25, 0.3) is 11.1 Å². The van der Waals surface area contributed by atoms with Crippen molar-refractivity contribution in [2.45, 2.75) is 32.9 Å². The molecule has 2 aromatic rings. The second-order valence-electron chi connectivity index (χ2n) is 8.36. The summed E-state index contributed by atoms with van der Waals surface area (Å²) in [6.07, 6.45) is 1.85. The molecule has 0 aliphatic rings. The highest BCUT2D eigenvalue weighted by Crippen LogP contribution is 2.28. The third-order valence-electron chi connectivity index (χ3n) is 5.50. The monoisotopic (exact) mass is 477 g/mol. The molecule has 0 bridgehead atoms. The van der Waals surface area contributed by atoms with E-state index in [0.717, 1.165) is 11.1 Å². The first-order valence-electron chi connectivity index (χ1n) is 11.4. The van der Waals surface area contributed by atoms with Crippen LogP contribution in [0.2, 0.25) is 18.2 Å². The van der Waals surface area contributed by atoms with Gasteiger partial charge in [-0.05, 0) is 61.3 Å². The van der Waals surface area contributed by atoms with Crippen LogP contribution in [0.15, 0.2) is 42.5 Å². The van der Waals surface area contributed by atoms with E-state index in [0.29, 0.717) is 56.1 Å². The van der Waals surface area contributed by atoms with E-state index in [4.69, 9.17) is 21.1 Å². The molecule has 2 rings (SSSR count). The van der Waals surface area contributed by atoms with Gasteiger partial charge in [0.15, 0.2) is 0 Å². The molecule has 0 saturated carbocycles. The zero-order chi connectivity index (χ0) is 24.2. The molecule has 0 saturated heterocycles. The minimum atomic E-state index is -0.487. The highest BCUT2D eigenvalue weighted by Gasteiger charge is 2.26. The fraction of sp³-hybridized carbons (Fsp3) is 0.480. The minimum Gasteiger partial charge on any atom is -0.466 e. The van der Waals surface area contributed by atoms with Gasteiger partial charge in [-0.25, -0.2) is 4.39 Å². The molecule has 0 radical (unpaired) electrons. The molecule has 5 nitrogen and oxygen atoms in total. The maximum absolute atomic E-state index is 14.2. The molecule has 2 N–H and O–H groups in total. The van der Waals surface area contributed by atoms with Crippen molar-refractivity contribution in [1.82, 2.24) is 5.32 Å². The predicted molar refractivity (Wildman–Crippen MR) is 132 cm³/mol. The second-order valence-corrected chi connectivity index (χ2v) is 8.79. The molecule has 0 amide bonds. The van der Waals surface area contributed by atoms with E-state index in [1.165, 1.54) is 12.1 Å². The number of carbonyl (C=O) groups excluding carboxylic acids is 1. The lowest BCUT2D eigenvalue weighted by Crippen LogP contribution is -2.34. The van der Waals surface area contributed by atoms with Crippen LogP contribution in [0, 0.1) is 17.7 Å². The number of carbonyl (C=O) groups is 1. The minimum absolute atomic E-state index is 0.0809. The largest absolute Gasteiger partial charge is 0.466 e. The van der Waals surface area contributed by atoms with Crippen LogP contribution in [0.1, 0.15) is 18.9 Å². The predicted octanol–water partition coefficient (Wildman–Crippen LogP) is 4.72. The van der Waals surface area contributed by atoms with Gasteiger partial charge in [-0.1, -0.05) is 42.7 Å². The molecule has 0 unspecified atom stereocenters. The fourth-order valence-electron chi connectivity index (χ4n) is 3.99. The number of hydrogen-bond acceptors (Lipinski definition) is 5. The van der Waals surface area contributed by atoms with E-state index in [-0.39, 0.29) is 23.6 Å². The third-order valence-corrected chi connectivity index (χ3v) is 5.74. The Balaban J connectivity index is 2.12. The Labute approximate surface area is 201 Å². The summed E-state index contributed by atoms with van der Waals surface area (Å²) in [5.41, 5.74) is 2.26. The summed E-state index contributed by atoms with van der Waals surface area (Å²) in [5, 5.41) is 13.8. The molecular formula is C25H34BClFNO4. The van der Waals surface area contributed by atoms with E-state index in [2.05, 4.69) is 5.32 Å². The lowest BCUT2D eigenvalue weighted by Gasteiger charge is -2.23. The molecule has 0 spiro atoms. The molecule has 33 heavy (non-hydrogen) atoms. The van der Waals surface area contributed by atoms with Crippen molar-refractivity contribution in [3.63, 3.8) is 0 Å². The van der Waals surface area contributed by atoms with Crippen LogP contribution >= 0.6 is 11.6 Å². The Morgan fingerprint density at radius 3 is 2.61 bits per heavy atom. The first-order chi connectivity index (χ1) is 15.8. The van der Waals surface area contributed by atoms with Gasteiger partial charge >= 0.3 is 5.97 Å². The second kappa shape index (κ2) is 14.4. The van der Waals surface area contributed by atoms with Gasteiger partial charge in [0, 0.05) is 30.8 Å². The number of nitrogens with one attached hydrogen (secondary N) is 1. The molecule has 8 heteroatoms. The van der Waals surface area contributed by atoms with Crippen LogP contribution in [-0.2, 0) is 20.7 Å². The van der Waals surface area contributed by atoms with Gasteiger partial charge in [0.2, 0.25) is 0 Å². The van der Waals surface area contributed by atoms with Gasteiger partial charge in [0.1, 0.15) is 5.82 Å². The molecule has 2 atom stereocenters. The Bertz CT molecular complexity index is 866. The molecule has 0 heterocycles. The molecule has 0 aliphatic carbocycles. The van der Waals surface area contributed by atoms with Crippen LogP contribution in [-0.4, -0.2) is 51.3 Å². The summed E-state index contributed by atoms with van der Waals surface area (Å²) in [5.74, 6) is -0.787. The van der Waals surface area contributed by atoms with Crippen molar-refractivity contribution in [2.24, 2.45) is 11.8 Å². The van der Waals surface area contributed by atoms with Gasteiger partial charge in [-0.2, -0.15) is 0 Å². The maximum Gasteiger partial charge on any atom is 0.310 e. The van der Waals surface area contributed by atoms with E-state index < -0.39 is 6.92 Å². The zero-order valence-electron chi connectivity index (χ0n) is 19.7. The summed E-state index contributed by atoms with van der Waals surface area (Å²) in [6, 6.07) is 12.2. The molecular weight excluding hydrogens is 444 g/mol. The number of esters is 1. The topological polar surface area (TPSA) is 67.8 Å². The van der Waals surface area contributed by atoms with E-state index in [9.17, 15) is 14.2 Å². The highest BCUT2D eigenvalue weighted by molar-refractivity contribution is 6.48. The molecule has 180 valence electrons. The first kappa shape index (κ1) is 27.3. The summed E-state index contributed by atoms with van der Waals surface area (Å²) in [4.78, 5) is 12.5. The summed E-state index contributed by atoms with van der Waals surface area (Å²) >= 11 is 6.03. The van der Waals surface area contributed by atoms with Crippen molar-refractivity contribution in [3.8, 4) is 11.1 Å². The standard InChI is InChI=1S/C25H34BClFNO4/c1-4-33-25(30)21(17-29-11-12-32-3)14-19(16-26(2)31)13-18-5-7-20(8-6-18)23-15-22(27)9-10-24(23)28/h5-10,15,19,21,29,31H,4,11-14,16-17H2,1-3H3/t19-,21+/m1/s1. The van der Waals surface area contributed by atoms with Crippen molar-refractivity contribution >= 4 is 24.5 Å². The normalized spacial score (nSPS) is 12.9. The number of methoxy groups -OCH3 is 1. The number of hydrogen-bond donors (Lipinski definition) is 2. The zero-order valence-corrected chi connectivity index (χ0v) is 20.4. The van der Waals surface area contributed by atoms with Crippen LogP contribution < -0.4 is 5.32 Å². The molecule has 0 aliphatic heterocycles. The SMILES string of the molecule is CCOC(=O)[C@H](CNCCOC)C[C@H](CB(C)O)Cc1ccc(-c2cc(Cl)ccc2F)cc1. The van der Waals surface area contributed by atoms with E-state index in [1.807, 2.05) is 24.3 Å². The number of ether oxygens (including phenoxy) is 2. The van der Waals surface area contributed by atoms with Crippen molar-refractivity contribution in [1.29, 1.82) is 0 Å². The number of benzene rings is 2. The van der Waals surface area contributed by atoms with Gasteiger partial charge in [-0.3, -0.25) is 4.79 Å². The van der Waals surface area contributed by atoms with Gasteiger partial charge < -0.3 is 19.8 Å². The summed E-state index contributed by atoms with van der Waals surface area (Å²) in [7, 11) is 1.63. The smallest absolute Gasteiger partial charge is 0.310 e. The average molecular weight is 478 g/mol. The Hall–Kier alpha value is -1.93. The van der Waals surface area contributed by atoms with E-state index >= 15 is 0 Å². The van der Waals surface area contributed by atoms with Crippen LogP contribution in [0.4, 0.5) is 4.39 Å². The first-order valence-corrected chi connectivity index (χ1v) is 11.8. The van der Waals surface area contributed by atoms with Gasteiger partial charge in [0.25, 0.3) is 6.92 Å². The summed E-state index contributed by atoms with van der Waals surface area (Å²) < 4.78 is 24.5. The van der Waals surface area contributed by atoms with Crippen LogP contribution in [0.5, 0.6) is 0 Å². The quantitative estimate of drug-likeness (QED) is 0.234. The van der Waals surface area contributed by atoms with Crippen LogP contribution in [0.3, 0.4) is 0 Å². The van der Waals surface area contributed by atoms with Crippen molar-refractivity contribution < 1.29 is 23.7 Å². The summed E-state index contributed by atoms with van der Waals surface area (Å²) in [6.45, 7) is 5.10. The molecule has 0 aromatic heterocycles. The maximum atomic E-state index is 14.2. The third kappa shape index (κ3) is 9.45. The number of rotatable bonds is 14. The van der Waals surface area contributed by atoms with E-state index in [1.54, 1.807) is 26.9 Å². The lowest BCUT2D eigenvalue weighted by molar-refractivity contribution is -0.148. The average Bonchev–Trinajstić information content (AvgIpc) is 2.77. The Morgan fingerprint density at radius 2 is 1.97 bits per heavy atom. The molecule has 0 fully saturated rings. The van der Waals surface area contributed by atoms with Gasteiger partial charge in [0.05, 0.1) is 19.1 Å². The Kier molecular flexibility index (Phi) is 11.9. The fourth-order valence-corrected chi connectivity index (χ4v) is 4.17. The van der Waals surface area contributed by atoms with Crippen molar-refractivity contribution in [3.05, 3.63) is 58.9 Å². The molecule has 2 aromatic carbocycles. The highest BCUT2D eigenvalue weighted by atomic mass is 35.5.